The highest BCUT2D eigenvalue weighted by Crippen LogP contribution is 2.30. The Bertz CT molecular complexity index is 641. The number of phenols is 1. The van der Waals surface area contributed by atoms with Gasteiger partial charge in [-0.2, -0.15) is 0 Å². The maximum atomic E-state index is 9.94. The summed E-state index contributed by atoms with van der Waals surface area (Å²) in [6, 6.07) is 5.62. The number of thiazole rings is 1. The molecule has 2 aromatic rings. The normalized spacial score (nSPS) is 11.4. The summed E-state index contributed by atoms with van der Waals surface area (Å²) in [7, 11) is 0. The summed E-state index contributed by atoms with van der Waals surface area (Å²) in [5, 5.41) is 20.6. The molecule has 1 heterocycles. The smallest absolute Gasteiger partial charge is 0.229 e. The fraction of sp³-hybridized carbons (Fsp3) is 0.571. The summed E-state index contributed by atoms with van der Waals surface area (Å²) in [6.45, 7) is 2.26. The highest BCUT2D eigenvalue weighted by atomic mass is 32.1. The van der Waals surface area contributed by atoms with E-state index in [0.29, 0.717) is 10.8 Å². The van der Waals surface area contributed by atoms with Crippen LogP contribution in [0.25, 0.3) is 0 Å². The largest absolute Gasteiger partial charge is 0.506 e. The number of hydrogen-bond donors (Lipinski definition) is 1. The number of unbranched alkanes of at least 4 members (excludes halogenated alkanes) is 9. The van der Waals surface area contributed by atoms with Crippen LogP contribution in [0.4, 0.5) is 10.8 Å². The van der Waals surface area contributed by atoms with Gasteiger partial charge in [0.05, 0.1) is 0 Å². The highest BCUT2D eigenvalue weighted by molar-refractivity contribution is 7.13. The number of azo groups is 1. The van der Waals surface area contributed by atoms with E-state index >= 15 is 0 Å². The third-order valence-corrected chi connectivity index (χ3v) is 5.18. The van der Waals surface area contributed by atoms with Crippen LogP contribution in [0.1, 0.15) is 76.7 Å². The van der Waals surface area contributed by atoms with Gasteiger partial charge in [0.2, 0.25) is 5.13 Å². The van der Waals surface area contributed by atoms with Crippen molar-refractivity contribution >= 4 is 22.2 Å². The van der Waals surface area contributed by atoms with E-state index in [0.717, 1.165) is 6.42 Å². The van der Waals surface area contributed by atoms with Crippen molar-refractivity contribution < 1.29 is 5.11 Å². The van der Waals surface area contributed by atoms with Gasteiger partial charge in [0.15, 0.2) is 0 Å². The Balaban J connectivity index is 1.64. The van der Waals surface area contributed by atoms with Crippen LogP contribution in [0.3, 0.4) is 0 Å². The monoisotopic (exact) mass is 373 g/mol. The molecule has 0 aliphatic heterocycles. The first-order chi connectivity index (χ1) is 12.8. The van der Waals surface area contributed by atoms with Crippen molar-refractivity contribution in [2.75, 3.05) is 0 Å². The van der Waals surface area contributed by atoms with Crippen LogP contribution in [0.5, 0.6) is 5.75 Å². The van der Waals surface area contributed by atoms with E-state index in [1.54, 1.807) is 12.3 Å². The minimum absolute atomic E-state index is 0.164. The van der Waals surface area contributed by atoms with Gasteiger partial charge in [0, 0.05) is 11.6 Å². The molecule has 0 radical (unpaired) electrons. The molecule has 0 saturated carbocycles. The molecule has 0 aliphatic rings. The lowest BCUT2D eigenvalue weighted by Crippen LogP contribution is -1.87. The Kier molecular flexibility index (Phi) is 9.95. The zero-order valence-electron chi connectivity index (χ0n) is 15.9. The third kappa shape index (κ3) is 8.09. The maximum absolute atomic E-state index is 9.94. The molecule has 1 aromatic heterocycles. The predicted octanol–water partition coefficient (Wildman–Crippen LogP) is 7.73. The summed E-state index contributed by atoms with van der Waals surface area (Å²) in [6.07, 6.45) is 16.1. The zero-order chi connectivity index (χ0) is 18.5. The molecule has 4 nitrogen and oxygen atoms in total. The first-order valence-corrected chi connectivity index (χ1v) is 10.8. The fourth-order valence-corrected chi connectivity index (χ4v) is 3.44. The van der Waals surface area contributed by atoms with Crippen molar-refractivity contribution in [2.24, 2.45) is 10.2 Å². The van der Waals surface area contributed by atoms with E-state index in [1.807, 2.05) is 17.5 Å². The van der Waals surface area contributed by atoms with Gasteiger partial charge in [-0.3, -0.25) is 0 Å². The molecule has 0 aliphatic carbocycles. The Morgan fingerprint density at radius 2 is 1.62 bits per heavy atom. The summed E-state index contributed by atoms with van der Waals surface area (Å²) in [5.74, 6) is 0.164. The standard InChI is InChI=1S/C21H31N3OS/c1-2-3-4-5-6-7-8-9-10-11-12-18-13-14-20(25)19(17-18)23-24-21-22-15-16-26-21/h13-17,25H,2-12H2,1H3. The van der Waals surface area contributed by atoms with Crippen molar-refractivity contribution in [2.45, 2.75) is 77.6 Å². The van der Waals surface area contributed by atoms with Gasteiger partial charge in [-0.05, 0) is 30.5 Å². The number of aryl methyl sites for hydroxylation is 1. The minimum Gasteiger partial charge on any atom is -0.506 e. The molecule has 0 bridgehead atoms. The summed E-state index contributed by atoms with van der Waals surface area (Å²) >= 11 is 1.43. The molecule has 5 heteroatoms. The SMILES string of the molecule is CCCCCCCCCCCCc1ccc(O)c(N=Nc2nccs2)c1. The van der Waals surface area contributed by atoms with Crippen molar-refractivity contribution in [1.82, 2.24) is 4.98 Å². The zero-order valence-corrected chi connectivity index (χ0v) is 16.7. The van der Waals surface area contributed by atoms with Crippen molar-refractivity contribution in [3.63, 3.8) is 0 Å². The Labute approximate surface area is 161 Å². The molecule has 1 N–H and O–H groups in total. The van der Waals surface area contributed by atoms with Crippen LogP contribution >= 0.6 is 11.3 Å². The van der Waals surface area contributed by atoms with Gasteiger partial charge < -0.3 is 5.11 Å². The van der Waals surface area contributed by atoms with Crippen molar-refractivity contribution in [3.05, 3.63) is 35.3 Å². The van der Waals surface area contributed by atoms with E-state index in [1.165, 1.54) is 81.1 Å². The first-order valence-electron chi connectivity index (χ1n) is 9.92. The molecule has 0 unspecified atom stereocenters. The summed E-state index contributed by atoms with van der Waals surface area (Å²) in [5.41, 5.74) is 1.72. The second-order valence-electron chi connectivity index (χ2n) is 6.77. The summed E-state index contributed by atoms with van der Waals surface area (Å²) < 4.78 is 0. The Morgan fingerprint density at radius 1 is 0.923 bits per heavy atom. The molecule has 0 spiro atoms. The number of aromatic hydroxyl groups is 1. The van der Waals surface area contributed by atoms with Gasteiger partial charge in [0.25, 0.3) is 0 Å². The first kappa shape index (κ1) is 20.6. The van der Waals surface area contributed by atoms with E-state index in [2.05, 4.69) is 22.1 Å². The fourth-order valence-electron chi connectivity index (χ4n) is 2.98. The molecule has 0 amide bonds. The molecule has 26 heavy (non-hydrogen) atoms. The molecule has 2 rings (SSSR count). The Hall–Kier alpha value is -1.75. The number of rotatable bonds is 13. The van der Waals surface area contributed by atoms with Crippen molar-refractivity contribution in [3.8, 4) is 5.75 Å². The van der Waals surface area contributed by atoms with Crippen LogP contribution in [0.15, 0.2) is 40.0 Å². The number of nitrogens with zero attached hydrogens (tertiary/aromatic N) is 3. The molecule has 0 fully saturated rings. The lowest BCUT2D eigenvalue weighted by molar-refractivity contribution is 0.476. The van der Waals surface area contributed by atoms with Gasteiger partial charge in [-0.1, -0.05) is 70.8 Å². The maximum Gasteiger partial charge on any atom is 0.229 e. The van der Waals surface area contributed by atoms with Crippen LogP contribution in [-0.2, 0) is 6.42 Å². The number of aromatic nitrogens is 1. The Morgan fingerprint density at radius 3 is 2.27 bits per heavy atom. The molecule has 0 saturated heterocycles. The average Bonchev–Trinajstić information content (AvgIpc) is 3.17. The van der Waals surface area contributed by atoms with Crippen LogP contribution < -0.4 is 0 Å². The number of hydrogen-bond acceptors (Lipinski definition) is 5. The molecular weight excluding hydrogens is 342 g/mol. The van der Waals surface area contributed by atoms with Crippen LogP contribution in [0.2, 0.25) is 0 Å². The van der Waals surface area contributed by atoms with E-state index in [-0.39, 0.29) is 5.75 Å². The van der Waals surface area contributed by atoms with E-state index in [4.69, 9.17) is 0 Å². The van der Waals surface area contributed by atoms with E-state index in [9.17, 15) is 5.11 Å². The predicted molar refractivity (Wildman–Crippen MR) is 110 cm³/mol. The number of phenolic OH excluding ortho intramolecular Hbond substituents is 1. The van der Waals surface area contributed by atoms with Gasteiger partial charge in [0.1, 0.15) is 11.4 Å². The second kappa shape index (κ2) is 12.6. The van der Waals surface area contributed by atoms with E-state index < -0.39 is 0 Å². The average molecular weight is 374 g/mol. The molecular formula is C21H31N3OS. The molecule has 142 valence electrons. The van der Waals surface area contributed by atoms with Gasteiger partial charge in [-0.25, -0.2) is 4.98 Å². The van der Waals surface area contributed by atoms with Crippen LogP contribution in [0, 0.1) is 0 Å². The third-order valence-electron chi connectivity index (χ3n) is 4.52. The molecule has 0 atom stereocenters. The topological polar surface area (TPSA) is 57.8 Å². The van der Waals surface area contributed by atoms with Crippen molar-refractivity contribution in [1.29, 1.82) is 0 Å². The van der Waals surface area contributed by atoms with Crippen LogP contribution in [-0.4, -0.2) is 10.1 Å². The number of benzene rings is 1. The summed E-state index contributed by atoms with van der Waals surface area (Å²) in [4.78, 5) is 4.07. The lowest BCUT2D eigenvalue weighted by atomic mass is 10.0. The second-order valence-corrected chi connectivity index (χ2v) is 7.64. The van der Waals surface area contributed by atoms with Gasteiger partial charge >= 0.3 is 0 Å². The lowest BCUT2D eigenvalue weighted by Gasteiger charge is -2.05. The van der Waals surface area contributed by atoms with Gasteiger partial charge in [-0.15, -0.1) is 21.6 Å². The highest BCUT2D eigenvalue weighted by Gasteiger charge is 2.03. The minimum atomic E-state index is 0.164. The molecule has 1 aromatic carbocycles. The quantitative estimate of drug-likeness (QED) is 0.288.